The Morgan fingerprint density at radius 2 is 2.00 bits per heavy atom. The SMILES string of the molecule is C[C@H](OC(=O)CCc1nc(-c2cccs2)no1)C(=O)c1ccccc1. The number of Topliss-reactive ketones (excluding diaryl/α,β-unsaturated/α-hetero) is 1. The predicted octanol–water partition coefficient (Wildman–Crippen LogP) is 3.55. The Morgan fingerprint density at radius 3 is 2.72 bits per heavy atom. The van der Waals surface area contributed by atoms with Gasteiger partial charge in [0.15, 0.2) is 6.10 Å². The van der Waals surface area contributed by atoms with Gasteiger partial charge in [0.2, 0.25) is 17.5 Å². The van der Waals surface area contributed by atoms with Crippen molar-refractivity contribution in [2.75, 3.05) is 0 Å². The zero-order valence-corrected chi connectivity index (χ0v) is 14.4. The number of hydrogen-bond donors (Lipinski definition) is 0. The zero-order valence-electron chi connectivity index (χ0n) is 13.5. The Hall–Kier alpha value is -2.80. The van der Waals surface area contributed by atoms with Crippen molar-refractivity contribution in [2.24, 2.45) is 0 Å². The van der Waals surface area contributed by atoms with Crippen LogP contribution in [0, 0.1) is 0 Å². The van der Waals surface area contributed by atoms with Gasteiger partial charge in [-0.2, -0.15) is 4.98 Å². The standard InChI is InChI=1S/C18H16N2O4S/c1-12(17(22)13-6-3-2-4-7-13)23-16(21)10-9-15-19-18(20-24-15)14-8-5-11-25-14/h2-8,11-12H,9-10H2,1H3/t12-/m0/s1. The lowest BCUT2D eigenvalue weighted by atomic mass is 10.1. The fourth-order valence-electron chi connectivity index (χ4n) is 2.22. The Kier molecular flexibility index (Phi) is 5.35. The van der Waals surface area contributed by atoms with Gasteiger partial charge in [0, 0.05) is 12.0 Å². The molecular formula is C18H16N2O4S. The first-order valence-corrected chi connectivity index (χ1v) is 8.66. The normalized spacial score (nSPS) is 11.9. The number of aryl methyl sites for hydroxylation is 1. The van der Waals surface area contributed by atoms with Crippen LogP contribution in [0.4, 0.5) is 0 Å². The fraction of sp³-hybridized carbons (Fsp3) is 0.222. The maximum Gasteiger partial charge on any atom is 0.307 e. The average Bonchev–Trinajstić information content (AvgIpc) is 3.31. The fourth-order valence-corrected chi connectivity index (χ4v) is 2.87. The van der Waals surface area contributed by atoms with Crippen LogP contribution in [-0.2, 0) is 16.0 Å². The third-order valence-electron chi connectivity index (χ3n) is 3.49. The molecule has 0 fully saturated rings. The molecule has 1 atom stereocenters. The van der Waals surface area contributed by atoms with Gasteiger partial charge in [-0.1, -0.05) is 41.6 Å². The summed E-state index contributed by atoms with van der Waals surface area (Å²) < 4.78 is 10.3. The zero-order chi connectivity index (χ0) is 17.6. The molecule has 128 valence electrons. The van der Waals surface area contributed by atoms with Gasteiger partial charge >= 0.3 is 5.97 Å². The molecule has 3 rings (SSSR count). The number of carbonyl (C=O) groups excluding carboxylic acids is 2. The minimum atomic E-state index is -0.834. The maximum atomic E-state index is 12.2. The van der Waals surface area contributed by atoms with Crippen LogP contribution in [0.25, 0.3) is 10.7 Å². The van der Waals surface area contributed by atoms with Crippen molar-refractivity contribution in [3.63, 3.8) is 0 Å². The number of thiophene rings is 1. The second kappa shape index (κ2) is 7.85. The molecule has 0 aliphatic rings. The van der Waals surface area contributed by atoms with Gasteiger partial charge in [-0.05, 0) is 18.4 Å². The van der Waals surface area contributed by atoms with Crippen molar-refractivity contribution in [3.8, 4) is 10.7 Å². The number of benzene rings is 1. The van der Waals surface area contributed by atoms with E-state index in [-0.39, 0.29) is 18.6 Å². The van der Waals surface area contributed by atoms with Crippen LogP contribution in [-0.4, -0.2) is 28.0 Å². The van der Waals surface area contributed by atoms with E-state index in [9.17, 15) is 9.59 Å². The van der Waals surface area contributed by atoms with E-state index in [4.69, 9.17) is 9.26 Å². The molecule has 0 aliphatic carbocycles. The topological polar surface area (TPSA) is 82.3 Å². The number of ketones is 1. The van der Waals surface area contributed by atoms with Crippen LogP contribution in [0.2, 0.25) is 0 Å². The third-order valence-corrected chi connectivity index (χ3v) is 4.35. The summed E-state index contributed by atoms with van der Waals surface area (Å²) in [6.45, 7) is 1.56. The molecule has 0 amide bonds. The molecule has 0 N–H and O–H groups in total. The first kappa shape index (κ1) is 17.0. The first-order valence-electron chi connectivity index (χ1n) is 7.78. The van der Waals surface area contributed by atoms with E-state index >= 15 is 0 Å². The van der Waals surface area contributed by atoms with Crippen molar-refractivity contribution < 1.29 is 18.8 Å². The Bertz CT molecular complexity index is 843. The molecule has 0 bridgehead atoms. The molecular weight excluding hydrogens is 340 g/mol. The van der Waals surface area contributed by atoms with Crippen molar-refractivity contribution in [2.45, 2.75) is 25.9 Å². The lowest BCUT2D eigenvalue weighted by molar-refractivity contribution is -0.146. The molecule has 2 aromatic heterocycles. The van der Waals surface area contributed by atoms with Crippen molar-refractivity contribution in [1.29, 1.82) is 0 Å². The highest BCUT2D eigenvalue weighted by molar-refractivity contribution is 7.13. The van der Waals surface area contributed by atoms with Gasteiger partial charge in [0.1, 0.15) is 0 Å². The maximum absolute atomic E-state index is 12.2. The molecule has 0 aliphatic heterocycles. The van der Waals surface area contributed by atoms with E-state index in [0.717, 1.165) is 4.88 Å². The van der Waals surface area contributed by atoms with Gasteiger partial charge in [0.05, 0.1) is 11.3 Å². The van der Waals surface area contributed by atoms with E-state index in [1.807, 2.05) is 23.6 Å². The lowest BCUT2D eigenvalue weighted by Gasteiger charge is -2.11. The summed E-state index contributed by atoms with van der Waals surface area (Å²) in [5, 5.41) is 5.81. The lowest BCUT2D eigenvalue weighted by Crippen LogP contribution is -2.24. The summed E-state index contributed by atoms with van der Waals surface area (Å²) >= 11 is 1.51. The molecule has 1 aromatic carbocycles. The van der Waals surface area contributed by atoms with E-state index in [0.29, 0.717) is 17.3 Å². The monoisotopic (exact) mass is 356 g/mol. The predicted molar refractivity (Wildman–Crippen MR) is 92.3 cm³/mol. The van der Waals surface area contributed by atoms with Gasteiger partial charge in [-0.15, -0.1) is 11.3 Å². The number of esters is 1. The molecule has 0 radical (unpaired) electrons. The van der Waals surface area contributed by atoms with E-state index < -0.39 is 12.1 Å². The highest BCUT2D eigenvalue weighted by atomic mass is 32.1. The number of nitrogens with zero attached hydrogens (tertiary/aromatic N) is 2. The number of ether oxygens (including phenoxy) is 1. The van der Waals surface area contributed by atoms with Crippen LogP contribution in [0.1, 0.15) is 29.6 Å². The molecule has 0 spiro atoms. The van der Waals surface area contributed by atoms with Crippen molar-refractivity contribution in [3.05, 3.63) is 59.3 Å². The van der Waals surface area contributed by atoms with Gasteiger partial charge in [-0.3, -0.25) is 9.59 Å². The molecule has 6 nitrogen and oxygen atoms in total. The first-order chi connectivity index (χ1) is 12.1. The summed E-state index contributed by atoms with van der Waals surface area (Å²) in [6.07, 6.45) is -0.499. The number of aromatic nitrogens is 2. The number of carbonyl (C=O) groups is 2. The summed E-state index contributed by atoms with van der Waals surface area (Å²) in [7, 11) is 0. The van der Waals surface area contributed by atoms with E-state index in [2.05, 4.69) is 10.1 Å². The Morgan fingerprint density at radius 1 is 1.20 bits per heavy atom. The van der Waals surface area contributed by atoms with Crippen LogP contribution in [0.15, 0.2) is 52.4 Å². The summed E-state index contributed by atoms with van der Waals surface area (Å²) in [5.74, 6) is 0.160. The highest BCUT2D eigenvalue weighted by Gasteiger charge is 2.20. The second-order valence-electron chi connectivity index (χ2n) is 5.35. The van der Waals surface area contributed by atoms with E-state index in [1.165, 1.54) is 11.3 Å². The molecule has 0 unspecified atom stereocenters. The minimum Gasteiger partial charge on any atom is -0.454 e. The van der Waals surface area contributed by atoms with Crippen LogP contribution in [0.5, 0.6) is 0 Å². The quantitative estimate of drug-likeness (QED) is 0.476. The van der Waals surface area contributed by atoms with Crippen LogP contribution >= 0.6 is 11.3 Å². The van der Waals surface area contributed by atoms with Gasteiger partial charge in [-0.25, -0.2) is 0 Å². The summed E-state index contributed by atoms with van der Waals surface area (Å²) in [6, 6.07) is 12.5. The second-order valence-corrected chi connectivity index (χ2v) is 6.30. The number of rotatable bonds is 7. The summed E-state index contributed by atoms with van der Waals surface area (Å²) in [5.41, 5.74) is 0.514. The van der Waals surface area contributed by atoms with Crippen LogP contribution in [0.3, 0.4) is 0 Å². The van der Waals surface area contributed by atoms with Crippen molar-refractivity contribution in [1.82, 2.24) is 10.1 Å². The largest absolute Gasteiger partial charge is 0.454 e. The molecule has 2 heterocycles. The summed E-state index contributed by atoms with van der Waals surface area (Å²) in [4.78, 5) is 29.3. The van der Waals surface area contributed by atoms with Gasteiger partial charge in [0.25, 0.3) is 0 Å². The molecule has 7 heteroatoms. The van der Waals surface area contributed by atoms with Crippen molar-refractivity contribution >= 4 is 23.1 Å². The molecule has 25 heavy (non-hydrogen) atoms. The minimum absolute atomic E-state index is 0.0679. The number of hydrogen-bond acceptors (Lipinski definition) is 7. The average molecular weight is 356 g/mol. The van der Waals surface area contributed by atoms with E-state index in [1.54, 1.807) is 31.2 Å². The Balaban J connectivity index is 1.50. The Labute approximate surface area is 148 Å². The highest BCUT2D eigenvalue weighted by Crippen LogP contribution is 2.21. The molecule has 0 saturated heterocycles. The molecule has 0 saturated carbocycles. The van der Waals surface area contributed by atoms with Crippen LogP contribution < -0.4 is 0 Å². The smallest absolute Gasteiger partial charge is 0.307 e. The molecule has 3 aromatic rings. The third kappa shape index (κ3) is 4.39. The van der Waals surface area contributed by atoms with Gasteiger partial charge < -0.3 is 9.26 Å².